The van der Waals surface area contributed by atoms with Gasteiger partial charge in [0.05, 0.1) is 6.04 Å². The van der Waals surface area contributed by atoms with Crippen molar-refractivity contribution in [3.63, 3.8) is 0 Å². The van der Waals surface area contributed by atoms with Gasteiger partial charge in [-0.3, -0.25) is 0 Å². The molecule has 2 heteroatoms. The summed E-state index contributed by atoms with van der Waals surface area (Å²) < 4.78 is 2.35. The second-order valence-electron chi connectivity index (χ2n) is 4.88. The summed E-state index contributed by atoms with van der Waals surface area (Å²) in [5.74, 6) is 0. The van der Waals surface area contributed by atoms with Gasteiger partial charge in [-0.15, -0.1) is 0 Å². The van der Waals surface area contributed by atoms with Crippen LogP contribution in [0.1, 0.15) is 32.5 Å². The molecule has 13 heavy (non-hydrogen) atoms. The molecule has 1 N–H and O–H groups in total. The summed E-state index contributed by atoms with van der Waals surface area (Å²) in [5.41, 5.74) is 1.73. The molecule has 0 aromatic carbocycles. The molecule has 0 spiro atoms. The number of nitrogens with one attached hydrogen (secondary N) is 1. The molecule has 0 saturated carbocycles. The van der Waals surface area contributed by atoms with E-state index in [9.17, 15) is 0 Å². The average molecular weight is 178 g/mol. The molecule has 0 aliphatic carbocycles. The highest BCUT2D eigenvalue weighted by molar-refractivity contribution is 5.16. The van der Waals surface area contributed by atoms with Gasteiger partial charge in [0.1, 0.15) is 0 Å². The van der Waals surface area contributed by atoms with E-state index in [1.165, 1.54) is 5.69 Å². The Hall–Kier alpha value is -0.760. The second-order valence-corrected chi connectivity index (χ2v) is 4.88. The smallest absolute Gasteiger partial charge is 0.0524 e. The van der Waals surface area contributed by atoms with Crippen molar-refractivity contribution >= 4 is 0 Å². The summed E-state index contributed by atoms with van der Waals surface area (Å²) in [6, 6.07) is 4.86. The minimum Gasteiger partial charge on any atom is -0.349 e. The van der Waals surface area contributed by atoms with Crippen molar-refractivity contribution in [1.82, 2.24) is 9.88 Å². The zero-order chi connectivity index (χ0) is 9.47. The number of hydrogen-bond acceptors (Lipinski definition) is 1. The summed E-state index contributed by atoms with van der Waals surface area (Å²) in [6.07, 6.45) is 2.18. The Balaban J connectivity index is 2.35. The summed E-state index contributed by atoms with van der Waals surface area (Å²) in [5, 5.41) is 3.58. The van der Waals surface area contributed by atoms with Crippen LogP contribution in [-0.2, 0) is 6.54 Å². The number of aromatic nitrogens is 1. The largest absolute Gasteiger partial charge is 0.349 e. The first-order valence-corrected chi connectivity index (χ1v) is 4.97. The molecule has 0 bridgehead atoms. The Kier molecular flexibility index (Phi) is 1.95. The lowest BCUT2D eigenvalue weighted by atomic mass is 9.84. The third kappa shape index (κ3) is 1.51. The van der Waals surface area contributed by atoms with Crippen LogP contribution in [0.5, 0.6) is 0 Å². The molecule has 0 amide bonds. The number of nitrogens with zero attached hydrogens (tertiary/aromatic N) is 1. The highest BCUT2D eigenvalue weighted by Crippen LogP contribution is 2.34. The molecule has 1 aromatic heterocycles. The summed E-state index contributed by atoms with van der Waals surface area (Å²) in [6.45, 7) is 9.05. The van der Waals surface area contributed by atoms with Crippen molar-refractivity contribution in [2.75, 3.05) is 6.54 Å². The molecule has 1 aliphatic heterocycles. The van der Waals surface area contributed by atoms with Crippen molar-refractivity contribution < 1.29 is 0 Å². The number of rotatable bonds is 0. The molecule has 72 valence electrons. The van der Waals surface area contributed by atoms with E-state index in [2.05, 4.69) is 49.0 Å². The van der Waals surface area contributed by atoms with Crippen LogP contribution in [-0.4, -0.2) is 11.1 Å². The van der Waals surface area contributed by atoms with E-state index in [4.69, 9.17) is 0 Å². The predicted octanol–water partition coefficient (Wildman–Crippen LogP) is 2.18. The monoisotopic (exact) mass is 178 g/mol. The Morgan fingerprint density at radius 2 is 2.23 bits per heavy atom. The van der Waals surface area contributed by atoms with E-state index in [0.717, 1.165) is 13.1 Å². The van der Waals surface area contributed by atoms with Gasteiger partial charge in [0, 0.05) is 25.0 Å². The highest BCUT2D eigenvalue weighted by Gasteiger charge is 2.29. The van der Waals surface area contributed by atoms with Crippen molar-refractivity contribution in [2.24, 2.45) is 5.41 Å². The van der Waals surface area contributed by atoms with Crippen LogP contribution in [0.15, 0.2) is 18.3 Å². The molecule has 0 saturated heterocycles. The Bertz CT molecular complexity index is 293. The molecule has 2 nitrogen and oxygen atoms in total. The zero-order valence-corrected chi connectivity index (χ0v) is 8.67. The normalized spacial score (nSPS) is 22.8. The van der Waals surface area contributed by atoms with Crippen LogP contribution < -0.4 is 5.32 Å². The van der Waals surface area contributed by atoms with Crippen LogP contribution in [0.3, 0.4) is 0 Å². The van der Waals surface area contributed by atoms with Gasteiger partial charge in [-0.05, 0) is 17.5 Å². The summed E-state index contributed by atoms with van der Waals surface area (Å²) >= 11 is 0. The van der Waals surface area contributed by atoms with Crippen molar-refractivity contribution in [3.05, 3.63) is 24.0 Å². The lowest BCUT2D eigenvalue weighted by Gasteiger charge is -2.36. The van der Waals surface area contributed by atoms with Gasteiger partial charge in [-0.25, -0.2) is 0 Å². The molecule has 1 aliphatic rings. The van der Waals surface area contributed by atoms with Crippen molar-refractivity contribution in [2.45, 2.75) is 33.4 Å². The number of fused-ring (bicyclic) bond motifs is 1. The second kappa shape index (κ2) is 2.88. The standard InChI is InChI=1S/C11H18N2/c1-11(2,3)10-9-5-4-7-13(9)8-6-12-10/h4-5,7,10,12H,6,8H2,1-3H3/t10-/m1/s1. The Morgan fingerprint density at radius 3 is 2.92 bits per heavy atom. The predicted molar refractivity (Wildman–Crippen MR) is 54.6 cm³/mol. The van der Waals surface area contributed by atoms with E-state index < -0.39 is 0 Å². The molecule has 1 aromatic rings. The fraction of sp³-hybridized carbons (Fsp3) is 0.636. The first kappa shape index (κ1) is 8.82. The number of hydrogen-bond donors (Lipinski definition) is 1. The van der Waals surface area contributed by atoms with E-state index in [1.807, 2.05) is 0 Å². The van der Waals surface area contributed by atoms with Crippen LogP contribution in [0, 0.1) is 5.41 Å². The quantitative estimate of drug-likeness (QED) is 0.644. The van der Waals surface area contributed by atoms with Crippen LogP contribution in [0.4, 0.5) is 0 Å². The highest BCUT2D eigenvalue weighted by atomic mass is 15.1. The molecule has 0 radical (unpaired) electrons. The molecule has 2 rings (SSSR count). The van der Waals surface area contributed by atoms with E-state index in [0.29, 0.717) is 11.5 Å². The van der Waals surface area contributed by atoms with E-state index in [1.54, 1.807) is 0 Å². The minimum absolute atomic E-state index is 0.302. The minimum atomic E-state index is 0.302. The SMILES string of the molecule is CC(C)(C)[C@@H]1NCCn2cccc21. The molecule has 0 fully saturated rings. The zero-order valence-electron chi connectivity index (χ0n) is 8.67. The topological polar surface area (TPSA) is 17.0 Å². The molecule has 0 unspecified atom stereocenters. The van der Waals surface area contributed by atoms with E-state index >= 15 is 0 Å². The fourth-order valence-electron chi connectivity index (χ4n) is 2.08. The molecule has 1 atom stereocenters. The average Bonchev–Trinajstić information content (AvgIpc) is 2.48. The van der Waals surface area contributed by atoms with Gasteiger partial charge in [-0.1, -0.05) is 20.8 Å². The first-order chi connectivity index (χ1) is 6.09. The third-order valence-corrected chi connectivity index (χ3v) is 2.73. The summed E-state index contributed by atoms with van der Waals surface area (Å²) in [7, 11) is 0. The van der Waals surface area contributed by atoms with Crippen molar-refractivity contribution in [3.8, 4) is 0 Å². The molecule has 2 heterocycles. The lowest BCUT2D eigenvalue weighted by Crippen LogP contribution is -2.39. The van der Waals surface area contributed by atoms with Crippen LogP contribution in [0.2, 0.25) is 0 Å². The van der Waals surface area contributed by atoms with Gasteiger partial charge >= 0.3 is 0 Å². The van der Waals surface area contributed by atoms with E-state index in [-0.39, 0.29) is 0 Å². The van der Waals surface area contributed by atoms with Gasteiger partial charge in [0.25, 0.3) is 0 Å². The van der Waals surface area contributed by atoms with Gasteiger partial charge < -0.3 is 9.88 Å². The maximum Gasteiger partial charge on any atom is 0.0524 e. The molecular weight excluding hydrogens is 160 g/mol. The van der Waals surface area contributed by atoms with Crippen LogP contribution in [0.25, 0.3) is 0 Å². The van der Waals surface area contributed by atoms with Crippen LogP contribution >= 0.6 is 0 Å². The lowest BCUT2D eigenvalue weighted by molar-refractivity contribution is 0.239. The Labute approximate surface area is 79.9 Å². The maximum atomic E-state index is 3.58. The summed E-state index contributed by atoms with van der Waals surface area (Å²) in [4.78, 5) is 0. The molecular formula is C11H18N2. The first-order valence-electron chi connectivity index (χ1n) is 4.97. The maximum absolute atomic E-state index is 3.58. The van der Waals surface area contributed by atoms with Gasteiger partial charge in [0.2, 0.25) is 0 Å². The fourth-order valence-corrected chi connectivity index (χ4v) is 2.08. The third-order valence-electron chi connectivity index (χ3n) is 2.73. The Morgan fingerprint density at radius 1 is 1.46 bits per heavy atom. The van der Waals surface area contributed by atoms with Gasteiger partial charge in [0.15, 0.2) is 0 Å². The van der Waals surface area contributed by atoms with Gasteiger partial charge in [-0.2, -0.15) is 0 Å². The van der Waals surface area contributed by atoms with Crippen molar-refractivity contribution in [1.29, 1.82) is 0 Å².